The van der Waals surface area contributed by atoms with Crippen LogP contribution in [0, 0.1) is 0 Å². The summed E-state index contributed by atoms with van der Waals surface area (Å²) >= 11 is 0. The van der Waals surface area contributed by atoms with Gasteiger partial charge in [0, 0.05) is 13.0 Å². The monoisotopic (exact) mass is 877 g/mol. The van der Waals surface area contributed by atoms with Crippen LogP contribution in [0.3, 0.4) is 0 Å². The number of ether oxygens (including phenoxy) is 4. The Kier molecular flexibility index (Phi) is 41.6. The summed E-state index contributed by atoms with van der Waals surface area (Å²) in [5, 5.41) is 40.2. The van der Waals surface area contributed by atoms with Crippen LogP contribution < -0.4 is 0 Å². The summed E-state index contributed by atoms with van der Waals surface area (Å²) in [6.45, 7) is 4.41. The number of esters is 1. The van der Waals surface area contributed by atoms with E-state index in [0.717, 1.165) is 70.6 Å². The summed E-state index contributed by atoms with van der Waals surface area (Å²) in [6, 6.07) is 0. The Hall–Kier alpha value is -1.85. The lowest BCUT2D eigenvalue weighted by molar-refractivity contribution is -0.305. The van der Waals surface area contributed by atoms with Gasteiger partial charge in [-0.15, -0.1) is 0 Å². The van der Waals surface area contributed by atoms with Gasteiger partial charge in [0.2, 0.25) is 0 Å². The first-order valence-electron chi connectivity index (χ1n) is 25.7. The third kappa shape index (κ3) is 34.5. The Bertz CT molecular complexity index is 1090. The van der Waals surface area contributed by atoms with Crippen molar-refractivity contribution in [1.82, 2.24) is 0 Å². The molecule has 0 bridgehead atoms. The number of aliphatic hydroxyl groups excluding tert-OH is 4. The molecule has 9 nitrogen and oxygen atoms in total. The number of hydrogen-bond donors (Lipinski definition) is 4. The van der Waals surface area contributed by atoms with Crippen molar-refractivity contribution in [2.45, 2.75) is 256 Å². The Morgan fingerprint density at radius 1 is 0.532 bits per heavy atom. The van der Waals surface area contributed by atoms with E-state index < -0.39 is 43.4 Å². The molecule has 1 fully saturated rings. The van der Waals surface area contributed by atoms with Crippen LogP contribution >= 0.6 is 0 Å². The zero-order chi connectivity index (χ0) is 45.0. The maximum absolute atomic E-state index is 12.8. The van der Waals surface area contributed by atoms with Gasteiger partial charge in [0.05, 0.1) is 19.8 Å². The van der Waals surface area contributed by atoms with Gasteiger partial charge < -0.3 is 39.4 Å². The van der Waals surface area contributed by atoms with Crippen LogP contribution in [-0.4, -0.2) is 89.6 Å². The molecule has 6 atom stereocenters. The Balaban J connectivity index is 2.17. The van der Waals surface area contributed by atoms with E-state index in [1.165, 1.54) is 128 Å². The van der Waals surface area contributed by atoms with Gasteiger partial charge >= 0.3 is 5.97 Å². The number of unbranched alkanes of at least 4 members (excludes halogenated alkanes) is 25. The topological polar surface area (TPSA) is 135 Å². The molecule has 0 aromatic heterocycles. The summed E-state index contributed by atoms with van der Waals surface area (Å²) in [7, 11) is 0. The smallest absolute Gasteiger partial charge is 0.306 e. The number of aliphatic hydroxyl groups is 4. The normalized spacial score (nSPS) is 20.1. The van der Waals surface area contributed by atoms with Gasteiger partial charge in [-0.2, -0.15) is 0 Å². The molecule has 1 saturated heterocycles. The maximum atomic E-state index is 12.8. The van der Waals surface area contributed by atoms with Gasteiger partial charge in [-0.1, -0.05) is 191 Å². The first kappa shape index (κ1) is 58.2. The van der Waals surface area contributed by atoms with E-state index >= 15 is 0 Å². The molecule has 0 aromatic rings. The van der Waals surface area contributed by atoms with Crippen LogP contribution in [0.2, 0.25) is 0 Å². The standard InChI is InChI=1S/C53H96O9/c1-3-5-7-9-11-13-15-17-19-20-21-22-23-24-25-26-27-28-29-30-32-34-36-38-40-42-49(55)61-47(46-60-53-52(58)51(57)50(56)48(44-54)62-53)45-59-43-41-39-37-35-33-31-18-16-14-12-10-8-6-4-2/h6,8,12,14,18,20-21,31,47-48,50-54,56-58H,3-5,7,9-11,13,15-17,19,22-30,32-46H2,1-2H3/b8-6-,14-12-,21-20-,31-18-. The second-order valence-corrected chi connectivity index (χ2v) is 17.6. The van der Waals surface area contributed by atoms with E-state index in [0.29, 0.717) is 13.0 Å². The maximum Gasteiger partial charge on any atom is 0.306 e. The summed E-state index contributed by atoms with van der Waals surface area (Å²) < 4.78 is 22.8. The van der Waals surface area contributed by atoms with Crippen molar-refractivity contribution in [3.63, 3.8) is 0 Å². The fraction of sp³-hybridized carbons (Fsp3) is 0.830. The average molecular weight is 877 g/mol. The summed E-state index contributed by atoms with van der Waals surface area (Å²) in [6.07, 6.45) is 48.7. The van der Waals surface area contributed by atoms with Crippen LogP contribution in [0.4, 0.5) is 0 Å². The quantitative estimate of drug-likeness (QED) is 0.0268. The summed E-state index contributed by atoms with van der Waals surface area (Å²) in [5.74, 6) is -0.321. The number of rotatable bonds is 44. The van der Waals surface area contributed by atoms with E-state index in [2.05, 4.69) is 62.5 Å². The SMILES string of the molecule is CC/C=C\C/C=C\C/C=C\CCCCCCOCC(COC1OC(CO)C(O)C(O)C1O)OC(=O)CCCCCCCCCCCCCCC/C=C\CCCCCCCCCC. The largest absolute Gasteiger partial charge is 0.457 e. The van der Waals surface area contributed by atoms with Crippen molar-refractivity contribution >= 4 is 5.97 Å². The van der Waals surface area contributed by atoms with E-state index in [1.807, 2.05) is 0 Å². The molecule has 0 radical (unpaired) electrons. The van der Waals surface area contributed by atoms with Gasteiger partial charge in [0.25, 0.3) is 0 Å². The van der Waals surface area contributed by atoms with Gasteiger partial charge in [0.15, 0.2) is 6.29 Å². The fourth-order valence-corrected chi connectivity index (χ4v) is 7.74. The van der Waals surface area contributed by atoms with Crippen molar-refractivity contribution < 1.29 is 44.2 Å². The lowest BCUT2D eigenvalue weighted by atomic mass is 9.99. The van der Waals surface area contributed by atoms with Crippen molar-refractivity contribution in [3.05, 3.63) is 48.6 Å². The molecule has 0 saturated carbocycles. The minimum absolute atomic E-state index is 0.123. The number of carbonyl (C=O) groups excluding carboxylic acids is 1. The molecule has 1 heterocycles. The third-order valence-electron chi connectivity index (χ3n) is 11.7. The molecule has 62 heavy (non-hydrogen) atoms. The summed E-state index contributed by atoms with van der Waals surface area (Å²) in [4.78, 5) is 12.8. The highest BCUT2D eigenvalue weighted by Crippen LogP contribution is 2.23. The van der Waals surface area contributed by atoms with Crippen molar-refractivity contribution in [3.8, 4) is 0 Å². The van der Waals surface area contributed by atoms with Crippen molar-refractivity contribution in [2.24, 2.45) is 0 Å². The molecule has 9 heteroatoms. The molecule has 1 rings (SSSR count). The highest BCUT2D eigenvalue weighted by molar-refractivity contribution is 5.69. The van der Waals surface area contributed by atoms with Crippen LogP contribution in [-0.2, 0) is 23.7 Å². The molecule has 4 N–H and O–H groups in total. The van der Waals surface area contributed by atoms with Gasteiger partial charge in [-0.25, -0.2) is 0 Å². The molecule has 0 aliphatic carbocycles. The second kappa shape index (κ2) is 44.4. The molecule has 1 aliphatic rings. The molecule has 0 spiro atoms. The molecule has 6 unspecified atom stereocenters. The van der Waals surface area contributed by atoms with Gasteiger partial charge in [0.1, 0.15) is 30.5 Å². The zero-order valence-electron chi connectivity index (χ0n) is 39.9. The molecule has 0 aromatic carbocycles. The lowest BCUT2D eigenvalue weighted by Gasteiger charge is -2.39. The zero-order valence-corrected chi connectivity index (χ0v) is 39.9. The first-order chi connectivity index (χ1) is 30.4. The predicted molar refractivity (Wildman–Crippen MR) is 256 cm³/mol. The molecule has 362 valence electrons. The highest BCUT2D eigenvalue weighted by atomic mass is 16.7. The van der Waals surface area contributed by atoms with Crippen molar-refractivity contribution in [1.29, 1.82) is 0 Å². The molecule has 0 amide bonds. The minimum atomic E-state index is -1.54. The Morgan fingerprint density at radius 2 is 0.984 bits per heavy atom. The van der Waals surface area contributed by atoms with E-state index in [1.54, 1.807) is 0 Å². The number of carbonyl (C=O) groups is 1. The van der Waals surface area contributed by atoms with Crippen LogP contribution in [0.15, 0.2) is 48.6 Å². The fourth-order valence-electron chi connectivity index (χ4n) is 7.74. The highest BCUT2D eigenvalue weighted by Gasteiger charge is 2.44. The van der Waals surface area contributed by atoms with E-state index in [9.17, 15) is 25.2 Å². The predicted octanol–water partition coefficient (Wildman–Crippen LogP) is 12.5. The number of allylic oxidation sites excluding steroid dienone is 8. The second-order valence-electron chi connectivity index (χ2n) is 17.6. The van der Waals surface area contributed by atoms with E-state index in [4.69, 9.17) is 18.9 Å². The van der Waals surface area contributed by atoms with Gasteiger partial charge in [-0.3, -0.25) is 4.79 Å². The lowest BCUT2D eigenvalue weighted by Crippen LogP contribution is -2.59. The van der Waals surface area contributed by atoms with Crippen molar-refractivity contribution in [2.75, 3.05) is 26.4 Å². The number of hydrogen-bond acceptors (Lipinski definition) is 9. The molecular weight excluding hydrogens is 781 g/mol. The van der Waals surface area contributed by atoms with Crippen LogP contribution in [0.1, 0.15) is 219 Å². The minimum Gasteiger partial charge on any atom is -0.457 e. The van der Waals surface area contributed by atoms with Gasteiger partial charge in [-0.05, 0) is 70.6 Å². The van der Waals surface area contributed by atoms with Crippen LogP contribution in [0.5, 0.6) is 0 Å². The average Bonchev–Trinajstić information content (AvgIpc) is 3.27. The third-order valence-corrected chi connectivity index (χ3v) is 11.7. The van der Waals surface area contributed by atoms with E-state index in [-0.39, 0.29) is 19.2 Å². The summed E-state index contributed by atoms with van der Waals surface area (Å²) in [5.41, 5.74) is 0. The Morgan fingerprint density at radius 3 is 1.50 bits per heavy atom. The molecule has 1 aliphatic heterocycles. The first-order valence-corrected chi connectivity index (χ1v) is 25.7. The Labute approximate surface area is 380 Å². The van der Waals surface area contributed by atoms with Crippen LogP contribution in [0.25, 0.3) is 0 Å². The molecular formula is C53H96O9.